The van der Waals surface area contributed by atoms with Gasteiger partial charge in [0.1, 0.15) is 11.9 Å². The zero-order chi connectivity index (χ0) is 4.83. The van der Waals surface area contributed by atoms with Crippen LogP contribution >= 0.6 is 0 Å². The van der Waals surface area contributed by atoms with Crippen molar-refractivity contribution in [2.24, 2.45) is 0 Å². The first-order valence-corrected chi connectivity index (χ1v) is 2.59. The van der Waals surface area contributed by atoms with Crippen LogP contribution in [-0.4, -0.2) is 40.4 Å². The van der Waals surface area contributed by atoms with E-state index in [9.17, 15) is 4.21 Å². The van der Waals surface area contributed by atoms with Crippen molar-refractivity contribution in [3.63, 3.8) is 0 Å². The van der Waals surface area contributed by atoms with Crippen molar-refractivity contribution in [2.45, 2.75) is 13.3 Å². The predicted octanol–water partition coefficient (Wildman–Crippen LogP) is -0.375. The average molecular weight is 132 g/mol. The maximum absolute atomic E-state index is 9.44. The van der Waals surface area contributed by atoms with Gasteiger partial charge in [0.25, 0.3) is 0 Å². The minimum atomic E-state index is -0.205. The summed E-state index contributed by atoms with van der Waals surface area (Å²) in [6, 6.07) is 0. The standard InChI is InChI=1S/C3H8O2S.Na.H/c1-2-3-5-6-4;;/h6H,2-3H2,1H3;;. The van der Waals surface area contributed by atoms with Crippen LogP contribution in [0.5, 0.6) is 0 Å². The maximum atomic E-state index is 9.44. The van der Waals surface area contributed by atoms with E-state index in [1.54, 1.807) is 0 Å². The van der Waals surface area contributed by atoms with Crippen LogP contribution in [0.4, 0.5) is 0 Å². The molecule has 2 nitrogen and oxygen atoms in total. The summed E-state index contributed by atoms with van der Waals surface area (Å²) in [6.45, 7) is 2.55. The molecule has 40 valence electrons. The Morgan fingerprint density at radius 1 is 1.71 bits per heavy atom. The molecule has 0 fully saturated rings. The zero-order valence-electron chi connectivity index (χ0n) is 3.68. The fourth-order valence-electron chi connectivity index (χ4n) is 0.129. The minimum absolute atomic E-state index is 0. The first-order chi connectivity index (χ1) is 2.91. The molecule has 0 amide bonds. The van der Waals surface area contributed by atoms with E-state index in [4.69, 9.17) is 0 Å². The SMILES string of the molecule is CCCO[SH]=O.[NaH]. The molecule has 0 aliphatic heterocycles. The second kappa shape index (κ2) is 10.2. The molecular formula is C3H9NaO2S. The van der Waals surface area contributed by atoms with Gasteiger partial charge < -0.3 is 0 Å². The third-order valence-electron chi connectivity index (χ3n) is 0.348. The quantitative estimate of drug-likeness (QED) is 0.322. The summed E-state index contributed by atoms with van der Waals surface area (Å²) in [6.07, 6.45) is 0.926. The summed E-state index contributed by atoms with van der Waals surface area (Å²) in [5.41, 5.74) is 0. The molecule has 0 saturated carbocycles. The molecule has 7 heavy (non-hydrogen) atoms. The van der Waals surface area contributed by atoms with Crippen LogP contribution in [0, 0.1) is 0 Å². The monoisotopic (exact) mass is 132 g/mol. The summed E-state index contributed by atoms with van der Waals surface area (Å²) in [7, 11) is 0. The summed E-state index contributed by atoms with van der Waals surface area (Å²) < 4.78 is 13.8. The van der Waals surface area contributed by atoms with Gasteiger partial charge in [-0.05, 0) is 6.42 Å². The first kappa shape index (κ1) is 11.0. The van der Waals surface area contributed by atoms with Gasteiger partial charge in [0.05, 0.1) is 6.61 Å². The molecule has 0 radical (unpaired) electrons. The Hall–Kier alpha value is 1.11. The molecule has 0 aromatic rings. The van der Waals surface area contributed by atoms with Gasteiger partial charge in [-0.1, -0.05) is 6.92 Å². The van der Waals surface area contributed by atoms with Crippen molar-refractivity contribution in [3.05, 3.63) is 0 Å². The zero-order valence-corrected chi connectivity index (χ0v) is 4.57. The summed E-state index contributed by atoms with van der Waals surface area (Å²) >= 11 is -0.205. The van der Waals surface area contributed by atoms with E-state index in [1.807, 2.05) is 6.92 Å². The third kappa shape index (κ3) is 11.0. The molecule has 0 aliphatic rings. The Bertz CT molecular complexity index is 41.9. The van der Waals surface area contributed by atoms with Crippen molar-refractivity contribution in [1.29, 1.82) is 0 Å². The number of hydrogen-bond acceptors (Lipinski definition) is 2. The number of hydrogen-bond donors (Lipinski definition) is 1. The molecule has 0 unspecified atom stereocenters. The molecule has 0 bridgehead atoms. The van der Waals surface area contributed by atoms with Crippen LogP contribution in [0.2, 0.25) is 0 Å². The van der Waals surface area contributed by atoms with E-state index >= 15 is 0 Å². The van der Waals surface area contributed by atoms with E-state index in [0.717, 1.165) is 6.42 Å². The Morgan fingerprint density at radius 3 is 2.43 bits per heavy atom. The molecule has 0 spiro atoms. The Kier molecular flexibility index (Phi) is 15.9. The van der Waals surface area contributed by atoms with Gasteiger partial charge in [0, 0.05) is 0 Å². The summed E-state index contributed by atoms with van der Waals surface area (Å²) in [4.78, 5) is 0. The van der Waals surface area contributed by atoms with Crippen LogP contribution in [0.1, 0.15) is 13.3 Å². The van der Waals surface area contributed by atoms with Gasteiger partial charge in [-0.2, -0.15) is 0 Å². The van der Waals surface area contributed by atoms with Crippen molar-refractivity contribution in [2.75, 3.05) is 6.61 Å². The Labute approximate surface area is 69.6 Å². The van der Waals surface area contributed by atoms with Crippen LogP contribution in [-0.2, 0) is 16.1 Å². The summed E-state index contributed by atoms with van der Waals surface area (Å²) in [5, 5.41) is 0. The molecule has 0 atom stereocenters. The molecular weight excluding hydrogens is 123 g/mol. The van der Waals surface area contributed by atoms with Crippen molar-refractivity contribution >= 4 is 41.5 Å². The van der Waals surface area contributed by atoms with Crippen molar-refractivity contribution < 1.29 is 8.39 Å². The van der Waals surface area contributed by atoms with Gasteiger partial charge in [0.2, 0.25) is 0 Å². The van der Waals surface area contributed by atoms with E-state index in [0.29, 0.717) is 6.61 Å². The van der Waals surface area contributed by atoms with E-state index < -0.39 is 0 Å². The van der Waals surface area contributed by atoms with Gasteiger partial charge in [-0.15, -0.1) is 0 Å². The van der Waals surface area contributed by atoms with Crippen molar-refractivity contribution in [1.82, 2.24) is 0 Å². The van der Waals surface area contributed by atoms with Crippen LogP contribution in [0.25, 0.3) is 0 Å². The Balaban J connectivity index is 0. The van der Waals surface area contributed by atoms with E-state index in [1.165, 1.54) is 0 Å². The topological polar surface area (TPSA) is 26.3 Å². The number of thiol groups is 1. The van der Waals surface area contributed by atoms with Gasteiger partial charge in [-0.25, -0.2) is 4.21 Å². The molecule has 0 aromatic carbocycles. The fraction of sp³-hybridized carbons (Fsp3) is 1.00. The summed E-state index contributed by atoms with van der Waals surface area (Å²) in [5.74, 6) is 0. The third-order valence-corrected chi connectivity index (χ3v) is 0.636. The molecule has 0 N–H and O–H groups in total. The molecule has 4 heteroatoms. The molecule has 0 saturated heterocycles. The van der Waals surface area contributed by atoms with Crippen LogP contribution < -0.4 is 0 Å². The molecule has 0 rings (SSSR count). The van der Waals surface area contributed by atoms with Gasteiger partial charge >= 0.3 is 29.6 Å². The predicted molar refractivity (Wildman–Crippen MR) is 32.9 cm³/mol. The average Bonchev–Trinajstić information content (AvgIpc) is 1.61. The second-order valence-corrected chi connectivity index (χ2v) is 1.32. The van der Waals surface area contributed by atoms with Crippen LogP contribution in [0.15, 0.2) is 0 Å². The molecule has 0 aromatic heterocycles. The Morgan fingerprint density at radius 2 is 2.29 bits per heavy atom. The number of rotatable bonds is 3. The van der Waals surface area contributed by atoms with E-state index in [2.05, 4.69) is 4.18 Å². The normalized spacial score (nSPS) is 7.57. The van der Waals surface area contributed by atoms with Gasteiger partial charge in [-0.3, -0.25) is 4.18 Å². The molecule has 0 heterocycles. The van der Waals surface area contributed by atoms with Crippen molar-refractivity contribution in [3.8, 4) is 0 Å². The molecule has 0 aliphatic carbocycles. The second-order valence-electron chi connectivity index (χ2n) is 0.908. The van der Waals surface area contributed by atoms with Crippen LogP contribution in [0.3, 0.4) is 0 Å². The fourth-order valence-corrected chi connectivity index (χ4v) is 0.386. The van der Waals surface area contributed by atoms with Gasteiger partial charge in [0.15, 0.2) is 0 Å². The van der Waals surface area contributed by atoms with E-state index in [-0.39, 0.29) is 41.5 Å². The first-order valence-electron chi connectivity index (χ1n) is 1.86.